The summed E-state index contributed by atoms with van der Waals surface area (Å²) in [6.45, 7) is 1.58. The van der Waals surface area contributed by atoms with Crippen molar-refractivity contribution in [2.24, 2.45) is 0 Å². The Bertz CT molecular complexity index is 745. The van der Waals surface area contributed by atoms with Crippen molar-refractivity contribution in [3.05, 3.63) is 57.4 Å². The first kappa shape index (κ1) is 17.5. The van der Waals surface area contributed by atoms with Crippen LogP contribution in [0.5, 0.6) is 0 Å². The van der Waals surface area contributed by atoms with Crippen LogP contribution in [0.15, 0.2) is 24.4 Å². The lowest BCUT2D eigenvalue weighted by atomic mass is 9.99. The number of hydrogen-bond acceptors (Lipinski definition) is 5. The summed E-state index contributed by atoms with van der Waals surface area (Å²) in [4.78, 5) is 22.1. The van der Waals surface area contributed by atoms with Crippen LogP contribution in [0.4, 0.5) is 14.5 Å². The van der Waals surface area contributed by atoms with E-state index < -0.39 is 51.6 Å². The zero-order chi connectivity index (χ0) is 17.9. The van der Waals surface area contributed by atoms with Crippen LogP contribution >= 0.6 is 0 Å². The number of nitrogens with one attached hydrogen (secondary N) is 2. The number of carbonyl (C=O) groups excluding carboxylic acids is 1. The summed E-state index contributed by atoms with van der Waals surface area (Å²) in [5.74, 6) is -2.83. The molecule has 2 rings (SSSR count). The molecule has 0 aliphatic rings. The predicted molar refractivity (Wildman–Crippen MR) is 78.1 cm³/mol. The molecule has 1 aromatic carbocycles. The number of amides is 1. The summed E-state index contributed by atoms with van der Waals surface area (Å²) in [5.41, 5.74) is -1.54. The number of aromatic amines is 1. The summed E-state index contributed by atoms with van der Waals surface area (Å²) in [5, 5.41) is 28.9. The molecule has 24 heavy (non-hydrogen) atoms. The summed E-state index contributed by atoms with van der Waals surface area (Å²) >= 11 is 0. The molecule has 2 atom stereocenters. The molecule has 0 aliphatic carbocycles. The summed E-state index contributed by atoms with van der Waals surface area (Å²) in [6, 6.07) is 2.05. The molecule has 128 valence electrons. The van der Waals surface area contributed by atoms with Gasteiger partial charge in [0.25, 0.3) is 5.91 Å². The van der Waals surface area contributed by atoms with Gasteiger partial charge >= 0.3 is 5.69 Å². The number of aliphatic hydroxyl groups excluding tert-OH is 1. The van der Waals surface area contributed by atoms with Crippen molar-refractivity contribution in [2.75, 3.05) is 0 Å². The minimum Gasteiger partial charge on any atom is -0.386 e. The van der Waals surface area contributed by atoms with Gasteiger partial charge in [-0.15, -0.1) is 0 Å². The van der Waals surface area contributed by atoms with E-state index in [4.69, 9.17) is 0 Å². The zero-order valence-electron chi connectivity index (χ0n) is 12.5. The number of benzene rings is 1. The van der Waals surface area contributed by atoms with E-state index in [1.807, 2.05) is 0 Å². The van der Waals surface area contributed by atoms with Gasteiger partial charge < -0.3 is 10.4 Å². The number of halogens is 2. The van der Waals surface area contributed by atoms with Gasteiger partial charge in [-0.3, -0.25) is 20.0 Å². The monoisotopic (exact) mass is 340 g/mol. The number of hydrogen-bond donors (Lipinski definition) is 3. The number of H-pyrrole nitrogens is 1. The molecule has 0 spiro atoms. The highest BCUT2D eigenvalue weighted by atomic mass is 19.1. The number of rotatable bonds is 6. The fourth-order valence-electron chi connectivity index (χ4n) is 2.22. The SMILES string of the molecule is CC[C@@H](NC(=O)c1[nH]ncc1[N+](=O)[O-])[C@@H](O)c1c(F)cccc1F. The molecular formula is C14H14F2N4O4. The maximum atomic E-state index is 13.8. The van der Waals surface area contributed by atoms with Gasteiger partial charge in [0.05, 0.1) is 16.5 Å². The van der Waals surface area contributed by atoms with Crippen molar-refractivity contribution in [2.45, 2.75) is 25.5 Å². The van der Waals surface area contributed by atoms with E-state index in [0.29, 0.717) is 0 Å². The average Bonchev–Trinajstić information content (AvgIpc) is 3.02. The minimum absolute atomic E-state index is 0.128. The Kier molecular flexibility index (Phi) is 5.19. The molecule has 10 heteroatoms. The van der Waals surface area contributed by atoms with Crippen LogP contribution in [0, 0.1) is 21.7 Å². The topological polar surface area (TPSA) is 121 Å². The molecule has 0 saturated heterocycles. The van der Waals surface area contributed by atoms with Gasteiger partial charge in [0.1, 0.15) is 23.9 Å². The van der Waals surface area contributed by atoms with E-state index in [1.54, 1.807) is 6.92 Å². The highest BCUT2D eigenvalue weighted by Gasteiger charge is 2.30. The highest BCUT2D eigenvalue weighted by molar-refractivity contribution is 5.96. The Morgan fingerprint density at radius 3 is 2.62 bits per heavy atom. The van der Waals surface area contributed by atoms with Gasteiger partial charge in [-0.2, -0.15) is 5.10 Å². The second kappa shape index (κ2) is 7.13. The molecule has 1 aromatic heterocycles. The first-order valence-electron chi connectivity index (χ1n) is 6.97. The second-order valence-electron chi connectivity index (χ2n) is 4.96. The minimum atomic E-state index is -1.66. The van der Waals surface area contributed by atoms with E-state index in [2.05, 4.69) is 15.5 Å². The fraction of sp³-hybridized carbons (Fsp3) is 0.286. The molecule has 0 saturated carbocycles. The van der Waals surface area contributed by atoms with Crippen LogP contribution in [-0.2, 0) is 0 Å². The van der Waals surface area contributed by atoms with Gasteiger partial charge in [0.15, 0.2) is 0 Å². The Balaban J connectivity index is 2.24. The van der Waals surface area contributed by atoms with Gasteiger partial charge in [0, 0.05) is 0 Å². The van der Waals surface area contributed by atoms with Crippen LogP contribution in [-0.4, -0.2) is 32.2 Å². The second-order valence-corrected chi connectivity index (χ2v) is 4.96. The lowest BCUT2D eigenvalue weighted by molar-refractivity contribution is -0.385. The predicted octanol–water partition coefficient (Wildman–Crippen LogP) is 1.84. The number of nitrogens with zero attached hydrogens (tertiary/aromatic N) is 2. The molecule has 8 nitrogen and oxygen atoms in total. The normalized spacial score (nSPS) is 13.3. The summed E-state index contributed by atoms with van der Waals surface area (Å²) in [6.07, 6.45) is -0.673. The Hall–Kier alpha value is -2.88. The van der Waals surface area contributed by atoms with E-state index in [-0.39, 0.29) is 6.42 Å². The Morgan fingerprint density at radius 1 is 1.46 bits per heavy atom. The lowest BCUT2D eigenvalue weighted by Gasteiger charge is -2.23. The van der Waals surface area contributed by atoms with E-state index >= 15 is 0 Å². The molecule has 2 aromatic rings. The molecule has 0 radical (unpaired) electrons. The molecule has 0 unspecified atom stereocenters. The standard InChI is InChI=1S/C14H14F2N4O4/c1-2-9(13(21)11-7(15)4-3-5-8(11)16)18-14(22)12-10(20(23)24)6-17-19-12/h3-6,9,13,21H,2H2,1H3,(H,17,19)(H,18,22)/t9-,13-/m1/s1. The number of nitro groups is 1. The van der Waals surface area contributed by atoms with Crippen molar-refractivity contribution < 1.29 is 23.6 Å². The van der Waals surface area contributed by atoms with Gasteiger partial charge in [-0.05, 0) is 18.6 Å². The first-order valence-corrected chi connectivity index (χ1v) is 6.97. The van der Waals surface area contributed by atoms with Gasteiger partial charge in [0.2, 0.25) is 5.69 Å². The molecule has 3 N–H and O–H groups in total. The maximum Gasteiger partial charge on any atom is 0.319 e. The summed E-state index contributed by atoms with van der Waals surface area (Å²) in [7, 11) is 0. The van der Waals surface area contributed by atoms with Crippen molar-refractivity contribution in [1.29, 1.82) is 0 Å². The third-order valence-corrected chi connectivity index (χ3v) is 3.48. The first-order chi connectivity index (χ1) is 11.4. The van der Waals surface area contributed by atoms with Gasteiger partial charge in [-0.1, -0.05) is 13.0 Å². The van der Waals surface area contributed by atoms with Crippen LogP contribution in [0.25, 0.3) is 0 Å². The largest absolute Gasteiger partial charge is 0.386 e. The Morgan fingerprint density at radius 2 is 2.08 bits per heavy atom. The van der Waals surface area contributed by atoms with Crippen LogP contribution in [0.2, 0.25) is 0 Å². The maximum absolute atomic E-state index is 13.8. The van der Waals surface area contributed by atoms with Crippen LogP contribution < -0.4 is 5.32 Å². The molecule has 0 bridgehead atoms. The van der Waals surface area contributed by atoms with E-state index in [9.17, 15) is 28.8 Å². The van der Waals surface area contributed by atoms with Crippen LogP contribution in [0.3, 0.4) is 0 Å². The molecule has 0 aliphatic heterocycles. The van der Waals surface area contributed by atoms with E-state index in [1.165, 1.54) is 0 Å². The quantitative estimate of drug-likeness (QED) is 0.547. The van der Waals surface area contributed by atoms with Crippen molar-refractivity contribution >= 4 is 11.6 Å². The Labute approximate surface area is 134 Å². The average molecular weight is 340 g/mol. The van der Waals surface area contributed by atoms with Gasteiger partial charge in [-0.25, -0.2) is 8.78 Å². The van der Waals surface area contributed by atoms with Crippen molar-refractivity contribution in [1.82, 2.24) is 15.5 Å². The lowest BCUT2D eigenvalue weighted by Crippen LogP contribution is -2.39. The van der Waals surface area contributed by atoms with E-state index in [0.717, 1.165) is 24.4 Å². The highest BCUT2D eigenvalue weighted by Crippen LogP contribution is 2.25. The van der Waals surface area contributed by atoms with Crippen molar-refractivity contribution in [3.8, 4) is 0 Å². The molecule has 1 amide bonds. The summed E-state index contributed by atoms with van der Waals surface area (Å²) < 4.78 is 27.5. The molecular weight excluding hydrogens is 326 g/mol. The fourth-order valence-corrected chi connectivity index (χ4v) is 2.22. The third kappa shape index (κ3) is 3.38. The number of aromatic nitrogens is 2. The number of carbonyl (C=O) groups is 1. The van der Waals surface area contributed by atoms with Crippen LogP contribution in [0.1, 0.15) is 35.5 Å². The van der Waals surface area contributed by atoms with Crippen molar-refractivity contribution in [3.63, 3.8) is 0 Å². The zero-order valence-corrected chi connectivity index (χ0v) is 12.5. The third-order valence-electron chi connectivity index (χ3n) is 3.48. The molecule has 0 fully saturated rings. The molecule has 1 heterocycles. The smallest absolute Gasteiger partial charge is 0.319 e. The number of aliphatic hydroxyl groups is 1.